The van der Waals surface area contributed by atoms with Crippen molar-refractivity contribution in [3.05, 3.63) is 23.4 Å². The van der Waals surface area contributed by atoms with Crippen molar-refractivity contribution in [3.8, 4) is 0 Å². The molecule has 1 saturated carbocycles. The number of aromatic nitrogens is 1. The second-order valence-corrected chi connectivity index (χ2v) is 6.16. The minimum atomic E-state index is -0.787. The maximum Gasteiger partial charge on any atom is 0.323 e. The first kappa shape index (κ1) is 14.1. The Hall–Kier alpha value is -1.82. The molecule has 0 radical (unpaired) electrons. The van der Waals surface area contributed by atoms with Crippen LogP contribution in [-0.2, 0) is 4.79 Å². The van der Waals surface area contributed by atoms with E-state index in [2.05, 4.69) is 10.3 Å². The number of carbonyl (C=O) groups is 2. The Morgan fingerprint density at radius 2 is 2.29 bits per heavy atom. The van der Waals surface area contributed by atoms with Gasteiger partial charge in [0.15, 0.2) is 0 Å². The molecule has 1 aromatic heterocycles. The van der Waals surface area contributed by atoms with Gasteiger partial charge in [-0.05, 0) is 30.9 Å². The molecule has 6 nitrogen and oxygen atoms in total. The fourth-order valence-corrected chi connectivity index (χ4v) is 3.54. The number of anilines is 1. The van der Waals surface area contributed by atoms with E-state index in [-0.39, 0.29) is 18.5 Å². The lowest BCUT2D eigenvalue weighted by Crippen LogP contribution is -2.38. The van der Waals surface area contributed by atoms with Gasteiger partial charge in [-0.1, -0.05) is 18.0 Å². The molecule has 1 aliphatic heterocycles. The Morgan fingerprint density at radius 3 is 2.90 bits per heavy atom. The summed E-state index contributed by atoms with van der Waals surface area (Å²) in [5.41, 5.74) is -0.759. The van der Waals surface area contributed by atoms with Gasteiger partial charge in [0.25, 0.3) is 0 Å². The van der Waals surface area contributed by atoms with Gasteiger partial charge in [0.2, 0.25) is 0 Å². The number of hydrogen-bond donors (Lipinski definition) is 2. The predicted molar refractivity (Wildman–Crippen MR) is 77.2 cm³/mol. The summed E-state index contributed by atoms with van der Waals surface area (Å²) in [5, 5.41) is 12.7. The second kappa shape index (κ2) is 5.18. The summed E-state index contributed by atoms with van der Waals surface area (Å²) in [4.78, 5) is 29.4. The van der Waals surface area contributed by atoms with Gasteiger partial charge in [-0.3, -0.25) is 10.1 Å². The quantitative estimate of drug-likeness (QED) is 0.879. The number of pyridine rings is 1. The van der Waals surface area contributed by atoms with Crippen LogP contribution in [0.2, 0.25) is 5.02 Å². The molecule has 2 N–H and O–H groups in total. The number of carbonyl (C=O) groups excluding carboxylic acids is 1. The number of carboxylic acid groups (broad SMARTS) is 1. The highest BCUT2D eigenvalue weighted by Crippen LogP contribution is 2.48. The number of amides is 2. The van der Waals surface area contributed by atoms with E-state index in [1.165, 1.54) is 6.20 Å². The van der Waals surface area contributed by atoms with Crippen LogP contribution in [0.25, 0.3) is 0 Å². The van der Waals surface area contributed by atoms with Gasteiger partial charge in [0.1, 0.15) is 5.82 Å². The normalized spacial score (nSPS) is 27.5. The van der Waals surface area contributed by atoms with Gasteiger partial charge >= 0.3 is 12.0 Å². The third kappa shape index (κ3) is 2.44. The third-order valence-electron chi connectivity index (χ3n) is 4.55. The molecule has 112 valence electrons. The van der Waals surface area contributed by atoms with Crippen molar-refractivity contribution >= 4 is 29.4 Å². The highest BCUT2D eigenvalue weighted by atomic mass is 35.5. The van der Waals surface area contributed by atoms with Crippen LogP contribution in [-0.4, -0.2) is 40.1 Å². The van der Waals surface area contributed by atoms with Crippen molar-refractivity contribution in [2.75, 3.05) is 18.4 Å². The van der Waals surface area contributed by atoms with E-state index in [1.54, 1.807) is 17.0 Å². The summed E-state index contributed by atoms with van der Waals surface area (Å²) in [7, 11) is 0. The standard InChI is InChI=1S/C14H16ClN3O3/c15-10-3-4-11(16-6-10)17-13(21)18-7-9-2-1-5-14(9,8-18)12(19)20/h3-4,6,9H,1-2,5,7-8H2,(H,19,20)(H,16,17,21)/t9-,14+/m0/s1. The molecule has 2 heterocycles. The Labute approximate surface area is 127 Å². The number of halogens is 1. The summed E-state index contributed by atoms with van der Waals surface area (Å²) in [5.74, 6) is -0.324. The molecule has 0 bridgehead atoms. The van der Waals surface area contributed by atoms with Gasteiger partial charge in [-0.2, -0.15) is 0 Å². The van der Waals surface area contributed by atoms with E-state index in [0.29, 0.717) is 23.8 Å². The Bertz CT molecular complexity index is 577. The molecule has 2 aliphatic rings. The van der Waals surface area contributed by atoms with Crippen molar-refractivity contribution in [1.82, 2.24) is 9.88 Å². The molecule has 1 aromatic rings. The van der Waals surface area contributed by atoms with E-state index in [0.717, 1.165) is 12.8 Å². The molecule has 2 amide bonds. The lowest BCUT2D eigenvalue weighted by molar-refractivity contribution is -0.149. The minimum Gasteiger partial charge on any atom is -0.481 e. The first-order valence-corrected chi connectivity index (χ1v) is 7.30. The van der Waals surface area contributed by atoms with Crippen LogP contribution in [0, 0.1) is 11.3 Å². The monoisotopic (exact) mass is 309 g/mol. The van der Waals surface area contributed by atoms with E-state index in [1.807, 2.05) is 0 Å². The van der Waals surface area contributed by atoms with E-state index >= 15 is 0 Å². The minimum absolute atomic E-state index is 0.0546. The smallest absolute Gasteiger partial charge is 0.323 e. The van der Waals surface area contributed by atoms with Crippen LogP contribution >= 0.6 is 11.6 Å². The number of nitrogens with zero attached hydrogens (tertiary/aromatic N) is 2. The average molecular weight is 310 g/mol. The first-order valence-electron chi connectivity index (χ1n) is 6.92. The molecule has 1 saturated heterocycles. The van der Waals surface area contributed by atoms with Crippen LogP contribution in [0.1, 0.15) is 19.3 Å². The number of carboxylic acids is 1. The first-order chi connectivity index (χ1) is 10.0. The lowest BCUT2D eigenvalue weighted by atomic mass is 9.81. The summed E-state index contributed by atoms with van der Waals surface area (Å²) in [6.07, 6.45) is 3.89. The van der Waals surface area contributed by atoms with E-state index in [9.17, 15) is 14.7 Å². The lowest BCUT2D eigenvalue weighted by Gasteiger charge is -2.23. The van der Waals surface area contributed by atoms with Gasteiger partial charge in [-0.25, -0.2) is 9.78 Å². The molecule has 0 unspecified atom stereocenters. The van der Waals surface area contributed by atoms with Crippen molar-refractivity contribution in [1.29, 1.82) is 0 Å². The zero-order chi connectivity index (χ0) is 15.0. The van der Waals surface area contributed by atoms with E-state index < -0.39 is 11.4 Å². The number of fused-ring (bicyclic) bond motifs is 1. The zero-order valence-electron chi connectivity index (χ0n) is 11.4. The number of rotatable bonds is 2. The van der Waals surface area contributed by atoms with Crippen molar-refractivity contribution < 1.29 is 14.7 Å². The number of hydrogen-bond acceptors (Lipinski definition) is 3. The maximum atomic E-state index is 12.2. The molecule has 2 fully saturated rings. The summed E-state index contributed by atoms with van der Waals surface area (Å²) in [6.45, 7) is 0.762. The van der Waals surface area contributed by atoms with Crippen LogP contribution in [0.3, 0.4) is 0 Å². The molecule has 0 aromatic carbocycles. The molecule has 1 aliphatic carbocycles. The molecular formula is C14H16ClN3O3. The topological polar surface area (TPSA) is 82.5 Å². The largest absolute Gasteiger partial charge is 0.481 e. The van der Waals surface area contributed by atoms with Crippen molar-refractivity contribution in [3.63, 3.8) is 0 Å². The fraction of sp³-hybridized carbons (Fsp3) is 0.500. The zero-order valence-corrected chi connectivity index (χ0v) is 12.1. The molecule has 2 atom stereocenters. The van der Waals surface area contributed by atoms with Gasteiger partial charge < -0.3 is 10.0 Å². The molecular weight excluding hydrogens is 294 g/mol. The summed E-state index contributed by atoms with van der Waals surface area (Å²) >= 11 is 5.74. The SMILES string of the molecule is O=C(Nc1ccc(Cl)cn1)N1C[C@@H]2CCC[C@@]2(C(=O)O)C1. The Kier molecular flexibility index (Phi) is 3.49. The van der Waals surface area contributed by atoms with Crippen LogP contribution in [0.5, 0.6) is 0 Å². The van der Waals surface area contributed by atoms with Crippen LogP contribution in [0.4, 0.5) is 10.6 Å². The average Bonchev–Trinajstić information content (AvgIpc) is 2.99. The Balaban J connectivity index is 1.70. The van der Waals surface area contributed by atoms with E-state index in [4.69, 9.17) is 11.6 Å². The number of urea groups is 1. The fourth-order valence-electron chi connectivity index (χ4n) is 3.43. The van der Waals surface area contributed by atoms with Gasteiger partial charge in [-0.15, -0.1) is 0 Å². The van der Waals surface area contributed by atoms with Crippen molar-refractivity contribution in [2.24, 2.45) is 11.3 Å². The van der Waals surface area contributed by atoms with Gasteiger partial charge in [0.05, 0.1) is 10.4 Å². The molecule has 21 heavy (non-hydrogen) atoms. The predicted octanol–water partition coefficient (Wildman–Crippen LogP) is 2.45. The highest BCUT2D eigenvalue weighted by Gasteiger charge is 2.55. The molecule has 3 rings (SSSR count). The second-order valence-electron chi connectivity index (χ2n) is 5.72. The molecule has 7 heteroatoms. The number of likely N-dealkylation sites (tertiary alicyclic amines) is 1. The summed E-state index contributed by atoms with van der Waals surface area (Å²) < 4.78 is 0. The highest BCUT2D eigenvalue weighted by molar-refractivity contribution is 6.30. The van der Waals surface area contributed by atoms with Crippen molar-refractivity contribution in [2.45, 2.75) is 19.3 Å². The van der Waals surface area contributed by atoms with Gasteiger partial charge in [0, 0.05) is 19.3 Å². The summed E-state index contributed by atoms with van der Waals surface area (Å²) in [6, 6.07) is 2.95. The van der Waals surface area contributed by atoms with Crippen LogP contribution in [0.15, 0.2) is 18.3 Å². The third-order valence-corrected chi connectivity index (χ3v) is 4.77. The molecule has 0 spiro atoms. The number of aliphatic carboxylic acids is 1. The van der Waals surface area contributed by atoms with Crippen LogP contribution < -0.4 is 5.32 Å². The maximum absolute atomic E-state index is 12.2. The number of nitrogens with one attached hydrogen (secondary N) is 1. The Morgan fingerprint density at radius 1 is 1.48 bits per heavy atom.